The molecule has 0 aromatic heterocycles. The average Bonchev–Trinajstić information content (AvgIpc) is 2.89. The van der Waals surface area contributed by atoms with Gasteiger partial charge in [-0.2, -0.15) is 0 Å². The number of carbonyl (C=O) groups excluding carboxylic acids is 2. The Bertz CT molecular complexity index is 882. The highest BCUT2D eigenvalue weighted by atomic mass is 16.5. The second-order valence-electron chi connectivity index (χ2n) is 6.84. The standard InChI is InChI=1S/C21H25N3O4/c1-13-5-7-17(14(2)11-13)23-21(26)24-20(25)15(3)22-16-6-8-18-19(12-16)28-10-4-9-27-18/h5-8,11-12,15,22H,4,9-10H2,1-3H3,(H2,23,24,25,26)/t15-/m0/s1. The lowest BCUT2D eigenvalue weighted by atomic mass is 10.1. The van der Waals surface area contributed by atoms with Gasteiger partial charge in [0, 0.05) is 23.9 Å². The molecule has 1 aliphatic heterocycles. The van der Waals surface area contributed by atoms with E-state index >= 15 is 0 Å². The van der Waals surface area contributed by atoms with Gasteiger partial charge in [-0.1, -0.05) is 17.7 Å². The number of anilines is 2. The first-order valence-electron chi connectivity index (χ1n) is 9.27. The molecule has 3 rings (SSSR count). The third kappa shape index (κ3) is 4.94. The average molecular weight is 383 g/mol. The lowest BCUT2D eigenvalue weighted by Gasteiger charge is -2.17. The fourth-order valence-corrected chi connectivity index (χ4v) is 2.90. The molecule has 3 amide bonds. The van der Waals surface area contributed by atoms with Crippen LogP contribution in [0, 0.1) is 13.8 Å². The van der Waals surface area contributed by atoms with E-state index in [-0.39, 0.29) is 0 Å². The smallest absolute Gasteiger partial charge is 0.325 e. The maximum Gasteiger partial charge on any atom is 0.325 e. The molecule has 1 heterocycles. The zero-order valence-corrected chi connectivity index (χ0v) is 16.3. The van der Waals surface area contributed by atoms with Gasteiger partial charge in [0.05, 0.1) is 13.2 Å². The Morgan fingerprint density at radius 3 is 2.50 bits per heavy atom. The molecule has 1 atom stereocenters. The SMILES string of the molecule is Cc1ccc(NC(=O)NC(=O)[C@H](C)Nc2ccc3c(c2)OCCCO3)c(C)c1. The van der Waals surface area contributed by atoms with Crippen LogP contribution in [-0.4, -0.2) is 31.2 Å². The van der Waals surface area contributed by atoms with Gasteiger partial charge in [-0.25, -0.2) is 4.79 Å². The van der Waals surface area contributed by atoms with E-state index in [2.05, 4.69) is 16.0 Å². The zero-order chi connectivity index (χ0) is 20.1. The van der Waals surface area contributed by atoms with Crippen molar-refractivity contribution < 1.29 is 19.1 Å². The molecule has 7 nitrogen and oxygen atoms in total. The van der Waals surface area contributed by atoms with Crippen LogP contribution in [0.4, 0.5) is 16.2 Å². The summed E-state index contributed by atoms with van der Waals surface area (Å²) in [6, 6.07) is 9.91. The van der Waals surface area contributed by atoms with Gasteiger partial charge in [0.15, 0.2) is 11.5 Å². The number of imide groups is 1. The number of carbonyl (C=O) groups is 2. The van der Waals surface area contributed by atoms with E-state index < -0.39 is 18.0 Å². The van der Waals surface area contributed by atoms with Crippen molar-refractivity contribution in [3.63, 3.8) is 0 Å². The van der Waals surface area contributed by atoms with Gasteiger partial charge in [0.25, 0.3) is 0 Å². The molecule has 28 heavy (non-hydrogen) atoms. The molecule has 148 valence electrons. The van der Waals surface area contributed by atoms with Gasteiger partial charge in [-0.05, 0) is 44.5 Å². The Morgan fingerprint density at radius 2 is 1.75 bits per heavy atom. The highest BCUT2D eigenvalue weighted by molar-refractivity contribution is 6.03. The number of fused-ring (bicyclic) bond motifs is 1. The second kappa shape index (κ2) is 8.65. The highest BCUT2D eigenvalue weighted by Gasteiger charge is 2.18. The van der Waals surface area contributed by atoms with Crippen LogP contribution < -0.4 is 25.4 Å². The van der Waals surface area contributed by atoms with E-state index in [1.807, 2.05) is 38.1 Å². The summed E-state index contributed by atoms with van der Waals surface area (Å²) in [6.07, 6.45) is 0.825. The molecule has 0 fully saturated rings. The third-order valence-corrected chi connectivity index (χ3v) is 4.39. The monoisotopic (exact) mass is 383 g/mol. The number of ether oxygens (including phenoxy) is 2. The minimum atomic E-state index is -0.616. The first-order chi connectivity index (χ1) is 13.4. The Labute approximate surface area is 164 Å². The van der Waals surface area contributed by atoms with E-state index in [0.29, 0.717) is 36.1 Å². The number of nitrogens with one attached hydrogen (secondary N) is 3. The van der Waals surface area contributed by atoms with Crippen LogP contribution in [0.15, 0.2) is 36.4 Å². The lowest BCUT2D eigenvalue weighted by molar-refractivity contribution is -0.120. The molecule has 0 unspecified atom stereocenters. The molecule has 0 aliphatic carbocycles. The number of hydrogen-bond donors (Lipinski definition) is 3. The van der Waals surface area contributed by atoms with Crippen molar-refractivity contribution in [3.8, 4) is 11.5 Å². The number of urea groups is 1. The topological polar surface area (TPSA) is 88.7 Å². The van der Waals surface area contributed by atoms with E-state index in [0.717, 1.165) is 17.5 Å². The number of benzene rings is 2. The van der Waals surface area contributed by atoms with Crippen molar-refractivity contribution in [2.75, 3.05) is 23.8 Å². The largest absolute Gasteiger partial charge is 0.490 e. The molecule has 0 saturated heterocycles. The van der Waals surface area contributed by atoms with Gasteiger partial charge >= 0.3 is 6.03 Å². The summed E-state index contributed by atoms with van der Waals surface area (Å²) in [5, 5.41) is 8.13. The van der Waals surface area contributed by atoms with Crippen LogP contribution in [0.1, 0.15) is 24.5 Å². The Morgan fingerprint density at radius 1 is 1.00 bits per heavy atom. The molecule has 1 aliphatic rings. The van der Waals surface area contributed by atoms with Crippen molar-refractivity contribution in [2.45, 2.75) is 33.2 Å². The van der Waals surface area contributed by atoms with Gasteiger partial charge in [-0.3, -0.25) is 10.1 Å². The lowest BCUT2D eigenvalue weighted by Crippen LogP contribution is -2.43. The fourth-order valence-electron chi connectivity index (χ4n) is 2.90. The Kier molecular flexibility index (Phi) is 6.03. The van der Waals surface area contributed by atoms with Gasteiger partial charge in [0.1, 0.15) is 6.04 Å². The van der Waals surface area contributed by atoms with Gasteiger partial charge < -0.3 is 20.1 Å². The summed E-state index contributed by atoms with van der Waals surface area (Å²) in [7, 11) is 0. The maximum absolute atomic E-state index is 12.3. The quantitative estimate of drug-likeness (QED) is 0.751. The van der Waals surface area contributed by atoms with E-state index in [1.54, 1.807) is 19.1 Å². The van der Waals surface area contributed by atoms with Crippen molar-refractivity contribution in [1.82, 2.24) is 5.32 Å². The predicted molar refractivity (Wildman–Crippen MR) is 108 cm³/mol. The highest BCUT2D eigenvalue weighted by Crippen LogP contribution is 2.32. The normalized spacial score (nSPS) is 13.8. The summed E-state index contributed by atoms with van der Waals surface area (Å²) in [6.45, 7) is 6.77. The number of aryl methyl sites for hydroxylation is 2. The van der Waals surface area contributed by atoms with Crippen LogP contribution in [0.3, 0.4) is 0 Å². The first kappa shape index (κ1) is 19.5. The first-order valence-corrected chi connectivity index (χ1v) is 9.27. The summed E-state index contributed by atoms with van der Waals surface area (Å²) >= 11 is 0. The van der Waals surface area contributed by atoms with Crippen molar-refractivity contribution in [2.24, 2.45) is 0 Å². The zero-order valence-electron chi connectivity index (χ0n) is 16.3. The van der Waals surface area contributed by atoms with Crippen molar-refractivity contribution >= 4 is 23.3 Å². The van der Waals surface area contributed by atoms with Gasteiger partial charge in [0.2, 0.25) is 5.91 Å². The maximum atomic E-state index is 12.3. The van der Waals surface area contributed by atoms with Crippen LogP contribution >= 0.6 is 0 Å². The molecular weight excluding hydrogens is 358 g/mol. The minimum absolute atomic E-state index is 0.436. The predicted octanol–water partition coefficient (Wildman–Crippen LogP) is 3.61. The summed E-state index contributed by atoms with van der Waals surface area (Å²) < 4.78 is 11.2. The molecule has 7 heteroatoms. The van der Waals surface area contributed by atoms with E-state index in [1.165, 1.54) is 0 Å². The van der Waals surface area contributed by atoms with Crippen LogP contribution in [-0.2, 0) is 4.79 Å². The number of rotatable bonds is 4. The van der Waals surface area contributed by atoms with Crippen molar-refractivity contribution in [1.29, 1.82) is 0 Å². The van der Waals surface area contributed by atoms with Crippen molar-refractivity contribution in [3.05, 3.63) is 47.5 Å². The molecule has 3 N–H and O–H groups in total. The Balaban J connectivity index is 1.57. The van der Waals surface area contributed by atoms with Crippen LogP contribution in [0.25, 0.3) is 0 Å². The number of amides is 3. The Hall–Kier alpha value is -3.22. The molecule has 0 bridgehead atoms. The number of hydrogen-bond acceptors (Lipinski definition) is 5. The summed E-state index contributed by atoms with van der Waals surface area (Å²) in [5.74, 6) is 0.894. The minimum Gasteiger partial charge on any atom is -0.490 e. The molecule has 0 spiro atoms. The van der Waals surface area contributed by atoms with Gasteiger partial charge in [-0.15, -0.1) is 0 Å². The van der Waals surface area contributed by atoms with Crippen LogP contribution in [0.2, 0.25) is 0 Å². The van der Waals surface area contributed by atoms with Crippen LogP contribution in [0.5, 0.6) is 11.5 Å². The van der Waals surface area contributed by atoms with E-state index in [9.17, 15) is 9.59 Å². The van der Waals surface area contributed by atoms with E-state index in [4.69, 9.17) is 9.47 Å². The fraction of sp³-hybridized carbons (Fsp3) is 0.333. The molecular formula is C21H25N3O4. The molecule has 2 aromatic rings. The molecule has 0 saturated carbocycles. The summed E-state index contributed by atoms with van der Waals surface area (Å²) in [5.41, 5.74) is 3.41. The third-order valence-electron chi connectivity index (χ3n) is 4.39. The molecule has 0 radical (unpaired) electrons. The summed E-state index contributed by atoms with van der Waals surface area (Å²) in [4.78, 5) is 24.5. The molecule has 2 aromatic carbocycles. The second-order valence-corrected chi connectivity index (χ2v) is 6.84.